The van der Waals surface area contributed by atoms with Gasteiger partial charge in [-0.15, -0.1) is 0 Å². The minimum atomic E-state index is -0.518. The van der Waals surface area contributed by atoms with E-state index in [0.717, 1.165) is 36.0 Å². The number of hydrogen-bond acceptors (Lipinski definition) is 3. The number of hydrogen-bond donors (Lipinski definition) is 1. The third-order valence-electron chi connectivity index (χ3n) is 9.01. The van der Waals surface area contributed by atoms with E-state index < -0.39 is 5.41 Å². The van der Waals surface area contributed by atoms with Gasteiger partial charge in [0.1, 0.15) is 23.0 Å². The van der Waals surface area contributed by atoms with Crippen molar-refractivity contribution in [3.8, 4) is 23.0 Å². The smallest absolute Gasteiger partial charge is 0.132 e. The van der Waals surface area contributed by atoms with Crippen LogP contribution in [0.4, 0.5) is 0 Å². The molecular weight excluding hydrogens is 466 g/mol. The zero-order valence-electron chi connectivity index (χ0n) is 21.5. The average molecular weight is 498 g/mol. The van der Waals surface area contributed by atoms with E-state index in [0.29, 0.717) is 5.92 Å². The fraction of sp³-hybridized carbons (Fsp3) is 0.257. The number of fused-ring (bicyclic) bond motifs is 8. The van der Waals surface area contributed by atoms with Crippen molar-refractivity contribution < 1.29 is 9.47 Å². The summed E-state index contributed by atoms with van der Waals surface area (Å²) < 4.78 is 13.4. The molecule has 0 saturated heterocycles. The maximum Gasteiger partial charge on any atom is 0.132 e. The highest BCUT2D eigenvalue weighted by molar-refractivity contribution is 5.77. The Labute approximate surface area is 224 Å². The monoisotopic (exact) mass is 497 g/mol. The van der Waals surface area contributed by atoms with Crippen LogP contribution in [0.2, 0.25) is 0 Å². The van der Waals surface area contributed by atoms with E-state index in [1.54, 1.807) is 0 Å². The number of benzene rings is 4. The minimum absolute atomic E-state index is 0.518. The number of ether oxygens (including phenoxy) is 2. The lowest BCUT2D eigenvalue weighted by molar-refractivity contribution is 0.397. The predicted molar refractivity (Wildman–Crippen MR) is 151 cm³/mol. The normalized spacial score (nSPS) is 18.7. The molecule has 1 N–H and O–H groups in total. The molecule has 4 aliphatic rings. The lowest BCUT2D eigenvalue weighted by Crippen LogP contribution is -2.37. The zero-order valence-corrected chi connectivity index (χ0v) is 21.5. The van der Waals surface area contributed by atoms with E-state index in [1.807, 2.05) is 0 Å². The summed E-state index contributed by atoms with van der Waals surface area (Å²) >= 11 is 0. The van der Waals surface area contributed by atoms with Gasteiger partial charge in [-0.05, 0) is 55.0 Å². The van der Waals surface area contributed by atoms with Gasteiger partial charge in [0, 0.05) is 40.1 Å². The van der Waals surface area contributed by atoms with Crippen molar-refractivity contribution in [1.82, 2.24) is 5.32 Å². The Morgan fingerprint density at radius 1 is 0.632 bits per heavy atom. The summed E-state index contributed by atoms with van der Waals surface area (Å²) in [6.07, 6.45) is 9.87. The molecular formula is C35H31NO2. The van der Waals surface area contributed by atoms with Crippen LogP contribution in [0.15, 0.2) is 91.0 Å². The molecule has 3 heteroatoms. The van der Waals surface area contributed by atoms with Gasteiger partial charge in [0.05, 0.1) is 5.41 Å². The second kappa shape index (κ2) is 8.52. The Hall–Kier alpha value is -3.98. The van der Waals surface area contributed by atoms with Gasteiger partial charge in [-0.2, -0.15) is 0 Å². The molecule has 188 valence electrons. The van der Waals surface area contributed by atoms with Gasteiger partial charge in [-0.25, -0.2) is 0 Å². The van der Waals surface area contributed by atoms with E-state index in [9.17, 15) is 0 Å². The summed E-state index contributed by atoms with van der Waals surface area (Å²) in [5.41, 5.74) is 7.96. The summed E-state index contributed by atoms with van der Waals surface area (Å²) in [4.78, 5) is 0. The van der Waals surface area contributed by atoms with E-state index in [-0.39, 0.29) is 0 Å². The molecule has 1 spiro atoms. The van der Waals surface area contributed by atoms with Crippen LogP contribution < -0.4 is 14.8 Å². The van der Waals surface area contributed by atoms with Crippen LogP contribution in [-0.2, 0) is 5.41 Å². The summed E-state index contributed by atoms with van der Waals surface area (Å²) in [6, 6.07) is 30.9. The van der Waals surface area contributed by atoms with Crippen molar-refractivity contribution in [2.75, 3.05) is 6.54 Å². The Morgan fingerprint density at radius 2 is 1.26 bits per heavy atom. The van der Waals surface area contributed by atoms with Crippen LogP contribution in [0.3, 0.4) is 0 Å². The second-order valence-corrected chi connectivity index (χ2v) is 11.1. The molecule has 3 nitrogen and oxygen atoms in total. The van der Waals surface area contributed by atoms with Gasteiger partial charge in [0.15, 0.2) is 0 Å². The second-order valence-electron chi connectivity index (χ2n) is 11.1. The summed E-state index contributed by atoms with van der Waals surface area (Å²) in [7, 11) is 0. The Bertz CT molecular complexity index is 1550. The van der Waals surface area contributed by atoms with E-state index in [1.165, 1.54) is 71.2 Å². The highest BCUT2D eigenvalue weighted by Gasteiger charge is 2.50. The third kappa shape index (κ3) is 3.14. The van der Waals surface area contributed by atoms with Gasteiger partial charge in [0.25, 0.3) is 0 Å². The largest absolute Gasteiger partial charge is 0.457 e. The molecule has 0 radical (unpaired) electrons. The first-order valence-electron chi connectivity index (χ1n) is 14.1. The van der Waals surface area contributed by atoms with E-state index in [2.05, 4.69) is 96.3 Å². The number of para-hydroxylation sites is 2. The van der Waals surface area contributed by atoms with E-state index in [4.69, 9.17) is 9.47 Å². The maximum absolute atomic E-state index is 6.87. The first kappa shape index (κ1) is 22.0. The quantitative estimate of drug-likeness (QED) is 0.260. The molecule has 4 aromatic carbocycles. The summed E-state index contributed by atoms with van der Waals surface area (Å²) in [6.45, 7) is 0.989. The van der Waals surface area contributed by atoms with Crippen molar-refractivity contribution in [3.63, 3.8) is 0 Å². The molecule has 0 amide bonds. The molecule has 4 aromatic rings. The zero-order chi connectivity index (χ0) is 25.1. The fourth-order valence-electron chi connectivity index (χ4n) is 7.26. The first-order valence-corrected chi connectivity index (χ1v) is 14.1. The van der Waals surface area contributed by atoms with E-state index >= 15 is 0 Å². The molecule has 0 bridgehead atoms. The number of nitrogens with one attached hydrogen (secondary N) is 1. The third-order valence-corrected chi connectivity index (χ3v) is 9.01. The van der Waals surface area contributed by atoms with Crippen LogP contribution in [-0.4, -0.2) is 6.54 Å². The lowest BCUT2D eigenvalue weighted by Gasteiger charge is -2.45. The van der Waals surface area contributed by atoms with Crippen LogP contribution >= 0.6 is 0 Å². The predicted octanol–water partition coefficient (Wildman–Crippen LogP) is 8.66. The molecule has 0 aromatic heterocycles. The molecule has 3 aliphatic heterocycles. The average Bonchev–Trinajstić information content (AvgIpc) is 3.52. The molecule has 0 atom stereocenters. The SMILES string of the molecule is C1=C(c2ccc3c(c2)Oc2cc(C4CCCCC4)ccc2C32c3ccccc3Oc3ccccc32)NCC1. The topological polar surface area (TPSA) is 30.5 Å². The van der Waals surface area contributed by atoms with Gasteiger partial charge in [-0.3, -0.25) is 0 Å². The van der Waals surface area contributed by atoms with Gasteiger partial charge < -0.3 is 14.8 Å². The van der Waals surface area contributed by atoms with Crippen LogP contribution in [0.5, 0.6) is 23.0 Å². The fourth-order valence-corrected chi connectivity index (χ4v) is 7.26. The van der Waals surface area contributed by atoms with Crippen molar-refractivity contribution in [2.45, 2.75) is 49.9 Å². The van der Waals surface area contributed by atoms with Gasteiger partial charge in [-0.1, -0.05) is 86.0 Å². The Morgan fingerprint density at radius 3 is 1.97 bits per heavy atom. The van der Waals surface area contributed by atoms with Gasteiger partial charge >= 0.3 is 0 Å². The molecule has 0 unspecified atom stereocenters. The maximum atomic E-state index is 6.87. The Balaban J connectivity index is 1.42. The summed E-state index contributed by atoms with van der Waals surface area (Å²) in [5, 5.41) is 3.54. The molecule has 3 heterocycles. The van der Waals surface area contributed by atoms with Crippen LogP contribution in [0.25, 0.3) is 5.70 Å². The van der Waals surface area contributed by atoms with Crippen molar-refractivity contribution in [3.05, 3.63) is 124 Å². The van der Waals surface area contributed by atoms with Crippen LogP contribution in [0.1, 0.15) is 77.8 Å². The standard InChI is InChI=1S/C35H31NO2/c1-2-9-23(10-3-1)24-16-18-28-33(21-24)38-34-22-25(30-13-8-20-36-30)17-19-29(34)35(28)26-11-4-6-14-31(26)37-32-15-7-5-12-27(32)35/h4-7,11-19,21-23,36H,1-3,8-10,20H2. The molecule has 1 saturated carbocycles. The number of rotatable bonds is 2. The Kier molecular flexibility index (Phi) is 4.95. The molecule has 38 heavy (non-hydrogen) atoms. The molecule has 1 fully saturated rings. The first-order chi connectivity index (χ1) is 18.8. The summed E-state index contributed by atoms with van der Waals surface area (Å²) in [5.74, 6) is 4.33. The highest BCUT2D eigenvalue weighted by atomic mass is 16.5. The van der Waals surface area contributed by atoms with Gasteiger partial charge in [0.2, 0.25) is 0 Å². The molecule has 1 aliphatic carbocycles. The van der Waals surface area contributed by atoms with Crippen molar-refractivity contribution in [2.24, 2.45) is 0 Å². The van der Waals surface area contributed by atoms with Crippen molar-refractivity contribution in [1.29, 1.82) is 0 Å². The minimum Gasteiger partial charge on any atom is -0.457 e. The lowest BCUT2D eigenvalue weighted by atomic mass is 9.62. The highest BCUT2D eigenvalue weighted by Crippen LogP contribution is 2.61. The van der Waals surface area contributed by atoms with Crippen LogP contribution in [0, 0.1) is 0 Å². The molecule has 8 rings (SSSR count). The van der Waals surface area contributed by atoms with Crippen molar-refractivity contribution >= 4 is 5.70 Å².